The molecule has 0 aliphatic carbocycles. The fourth-order valence-electron chi connectivity index (χ4n) is 0.837. The SMILES string of the molecule is C=CC(=CC=C(C)C(C)(O)C(F)(F)F)CN. The van der Waals surface area contributed by atoms with Crippen molar-refractivity contribution in [3.05, 3.63) is 36.0 Å². The molecular weight excluding hydrogens is 219 g/mol. The lowest BCUT2D eigenvalue weighted by atomic mass is 9.96. The van der Waals surface area contributed by atoms with Crippen LogP contribution in [0.1, 0.15) is 13.8 Å². The van der Waals surface area contributed by atoms with Gasteiger partial charge >= 0.3 is 6.18 Å². The average Bonchev–Trinajstić information content (AvgIpc) is 2.17. The normalized spacial score (nSPS) is 18.2. The Bertz CT molecular complexity index is 314. The minimum absolute atomic E-state index is 0.182. The number of hydrogen-bond acceptors (Lipinski definition) is 2. The molecule has 0 aliphatic rings. The molecule has 0 aliphatic heterocycles. The summed E-state index contributed by atoms with van der Waals surface area (Å²) in [6.07, 6.45) is -0.648. The van der Waals surface area contributed by atoms with Gasteiger partial charge in [-0.15, -0.1) is 0 Å². The van der Waals surface area contributed by atoms with Gasteiger partial charge in [0.05, 0.1) is 0 Å². The van der Waals surface area contributed by atoms with Crippen LogP contribution in [0.4, 0.5) is 13.2 Å². The van der Waals surface area contributed by atoms with Gasteiger partial charge in [-0.2, -0.15) is 13.2 Å². The van der Waals surface area contributed by atoms with E-state index in [1.54, 1.807) is 0 Å². The molecule has 92 valence electrons. The molecule has 1 atom stereocenters. The van der Waals surface area contributed by atoms with Gasteiger partial charge in [-0.1, -0.05) is 24.8 Å². The Morgan fingerprint density at radius 2 is 1.88 bits per heavy atom. The third-order valence-corrected chi connectivity index (χ3v) is 2.37. The lowest BCUT2D eigenvalue weighted by Gasteiger charge is -2.27. The Balaban J connectivity index is 5.07. The van der Waals surface area contributed by atoms with Crippen molar-refractivity contribution in [2.24, 2.45) is 5.73 Å². The van der Waals surface area contributed by atoms with Crippen LogP contribution in [0.3, 0.4) is 0 Å². The predicted molar refractivity (Wildman–Crippen MR) is 57.8 cm³/mol. The topological polar surface area (TPSA) is 46.2 Å². The Hall–Kier alpha value is -1.07. The number of allylic oxidation sites excluding steroid dienone is 2. The van der Waals surface area contributed by atoms with Gasteiger partial charge in [0.1, 0.15) is 0 Å². The summed E-state index contributed by atoms with van der Waals surface area (Å²) in [5, 5.41) is 9.30. The zero-order chi connectivity index (χ0) is 13.0. The summed E-state index contributed by atoms with van der Waals surface area (Å²) in [7, 11) is 0. The maximum Gasteiger partial charge on any atom is 0.420 e. The van der Waals surface area contributed by atoms with E-state index in [0.717, 1.165) is 0 Å². The number of halogens is 3. The third-order valence-electron chi connectivity index (χ3n) is 2.37. The van der Waals surface area contributed by atoms with E-state index in [4.69, 9.17) is 5.73 Å². The van der Waals surface area contributed by atoms with E-state index < -0.39 is 11.8 Å². The molecule has 0 bridgehead atoms. The van der Waals surface area contributed by atoms with Crippen molar-refractivity contribution >= 4 is 0 Å². The molecule has 0 aromatic carbocycles. The van der Waals surface area contributed by atoms with Crippen LogP contribution in [0.15, 0.2) is 36.0 Å². The van der Waals surface area contributed by atoms with Crippen molar-refractivity contribution in [3.63, 3.8) is 0 Å². The second-order valence-corrected chi connectivity index (χ2v) is 3.57. The lowest BCUT2D eigenvalue weighted by molar-refractivity contribution is -0.236. The summed E-state index contributed by atoms with van der Waals surface area (Å²) in [6.45, 7) is 5.56. The Morgan fingerprint density at radius 1 is 1.38 bits per heavy atom. The molecule has 2 nitrogen and oxygen atoms in total. The van der Waals surface area contributed by atoms with E-state index in [1.807, 2.05) is 0 Å². The van der Waals surface area contributed by atoms with E-state index in [0.29, 0.717) is 12.5 Å². The summed E-state index contributed by atoms with van der Waals surface area (Å²) in [5.41, 5.74) is 2.88. The van der Waals surface area contributed by atoms with Crippen LogP contribution < -0.4 is 5.73 Å². The second kappa shape index (κ2) is 5.32. The van der Waals surface area contributed by atoms with Crippen molar-refractivity contribution in [2.75, 3.05) is 6.54 Å². The van der Waals surface area contributed by atoms with Crippen LogP contribution in [0.5, 0.6) is 0 Å². The molecule has 3 N–H and O–H groups in total. The van der Waals surface area contributed by atoms with Crippen molar-refractivity contribution in [1.82, 2.24) is 0 Å². The van der Waals surface area contributed by atoms with E-state index in [-0.39, 0.29) is 12.1 Å². The zero-order valence-corrected chi connectivity index (χ0v) is 9.30. The summed E-state index contributed by atoms with van der Waals surface area (Å²) in [4.78, 5) is 0. The maximum absolute atomic E-state index is 12.4. The quantitative estimate of drug-likeness (QED) is 0.734. The Morgan fingerprint density at radius 3 is 2.19 bits per heavy atom. The standard InChI is InChI=1S/C11H16F3NO/c1-4-9(7-15)6-5-8(2)10(3,16)11(12,13)14/h4-6,16H,1,7,15H2,2-3H3. The van der Waals surface area contributed by atoms with E-state index in [1.165, 1.54) is 25.2 Å². The van der Waals surface area contributed by atoms with Gasteiger partial charge in [0.15, 0.2) is 5.60 Å². The number of alkyl halides is 3. The van der Waals surface area contributed by atoms with Crippen LogP contribution in [0, 0.1) is 0 Å². The van der Waals surface area contributed by atoms with Crippen molar-refractivity contribution in [1.29, 1.82) is 0 Å². The molecule has 0 aromatic rings. The summed E-state index contributed by atoms with van der Waals surface area (Å²) in [5.74, 6) is 0. The summed E-state index contributed by atoms with van der Waals surface area (Å²) < 4.78 is 37.2. The summed E-state index contributed by atoms with van der Waals surface area (Å²) >= 11 is 0. The van der Waals surface area contributed by atoms with Gasteiger partial charge in [-0.3, -0.25) is 0 Å². The highest BCUT2D eigenvalue weighted by molar-refractivity contribution is 5.28. The molecule has 0 heterocycles. The number of rotatable bonds is 4. The van der Waals surface area contributed by atoms with Crippen molar-refractivity contribution < 1.29 is 18.3 Å². The maximum atomic E-state index is 12.4. The Kier molecular flexibility index (Phi) is 4.96. The van der Waals surface area contributed by atoms with Crippen LogP contribution in [0.2, 0.25) is 0 Å². The fraction of sp³-hybridized carbons (Fsp3) is 0.455. The van der Waals surface area contributed by atoms with Crippen LogP contribution in [0.25, 0.3) is 0 Å². The molecule has 0 rings (SSSR count). The minimum Gasteiger partial charge on any atom is -0.377 e. The van der Waals surface area contributed by atoms with E-state index in [9.17, 15) is 18.3 Å². The highest BCUT2D eigenvalue weighted by Crippen LogP contribution is 2.35. The highest BCUT2D eigenvalue weighted by atomic mass is 19.4. The first-order valence-electron chi connectivity index (χ1n) is 4.66. The van der Waals surface area contributed by atoms with Gasteiger partial charge in [0, 0.05) is 6.54 Å². The van der Waals surface area contributed by atoms with Crippen LogP contribution in [-0.2, 0) is 0 Å². The summed E-state index contributed by atoms with van der Waals surface area (Å²) in [6, 6.07) is 0. The molecule has 0 saturated heterocycles. The van der Waals surface area contributed by atoms with Crippen molar-refractivity contribution in [2.45, 2.75) is 25.6 Å². The molecule has 0 amide bonds. The van der Waals surface area contributed by atoms with E-state index in [2.05, 4.69) is 6.58 Å². The van der Waals surface area contributed by atoms with Gasteiger partial charge in [-0.05, 0) is 25.0 Å². The molecule has 0 aromatic heterocycles. The first-order valence-corrected chi connectivity index (χ1v) is 4.66. The van der Waals surface area contributed by atoms with Crippen molar-refractivity contribution in [3.8, 4) is 0 Å². The van der Waals surface area contributed by atoms with Crippen LogP contribution >= 0.6 is 0 Å². The van der Waals surface area contributed by atoms with Gasteiger partial charge < -0.3 is 10.8 Å². The first kappa shape index (κ1) is 14.9. The third kappa shape index (κ3) is 3.50. The molecule has 0 saturated carbocycles. The molecule has 0 spiro atoms. The van der Waals surface area contributed by atoms with E-state index >= 15 is 0 Å². The molecule has 1 unspecified atom stereocenters. The smallest absolute Gasteiger partial charge is 0.377 e. The predicted octanol–water partition coefficient (Wildman–Crippen LogP) is 2.32. The number of nitrogens with two attached hydrogens (primary N) is 1. The minimum atomic E-state index is -4.70. The molecule has 0 fully saturated rings. The second-order valence-electron chi connectivity index (χ2n) is 3.57. The monoisotopic (exact) mass is 235 g/mol. The number of hydrogen-bond donors (Lipinski definition) is 2. The molecular formula is C11H16F3NO. The molecule has 16 heavy (non-hydrogen) atoms. The fourth-order valence-corrected chi connectivity index (χ4v) is 0.837. The van der Waals surface area contributed by atoms with Gasteiger partial charge in [0.25, 0.3) is 0 Å². The largest absolute Gasteiger partial charge is 0.420 e. The zero-order valence-electron chi connectivity index (χ0n) is 9.30. The van der Waals surface area contributed by atoms with Gasteiger partial charge in [0.2, 0.25) is 0 Å². The highest BCUT2D eigenvalue weighted by Gasteiger charge is 2.50. The van der Waals surface area contributed by atoms with Gasteiger partial charge in [-0.25, -0.2) is 0 Å². The molecule has 5 heteroatoms. The first-order chi connectivity index (χ1) is 7.16. The lowest BCUT2D eigenvalue weighted by Crippen LogP contribution is -2.43. The Labute approximate surface area is 93.0 Å². The average molecular weight is 235 g/mol. The van der Waals surface area contributed by atoms with Crippen LogP contribution in [-0.4, -0.2) is 23.4 Å². The molecule has 0 radical (unpaired) electrons. The number of aliphatic hydroxyl groups is 1.